The third-order valence-electron chi connectivity index (χ3n) is 2.04. The van der Waals surface area contributed by atoms with E-state index in [0.717, 1.165) is 6.07 Å². The molecule has 1 rings (SSSR count). The van der Waals surface area contributed by atoms with Crippen molar-refractivity contribution in [3.63, 3.8) is 0 Å². The Bertz CT molecular complexity index is 465. The second-order valence-electron chi connectivity index (χ2n) is 3.38. The Kier molecular flexibility index (Phi) is 3.67. The van der Waals surface area contributed by atoms with Crippen LogP contribution >= 0.6 is 0 Å². The van der Waals surface area contributed by atoms with E-state index in [1.54, 1.807) is 6.07 Å². The minimum atomic E-state index is -1.36. The SMILES string of the molecule is CC(=O)CC(C#N)c1cc(F)cc(F)c1F. The van der Waals surface area contributed by atoms with E-state index in [1.807, 2.05) is 0 Å². The lowest BCUT2D eigenvalue weighted by Crippen LogP contribution is -2.06. The lowest BCUT2D eigenvalue weighted by atomic mass is 9.95. The molecule has 0 aliphatic heterocycles. The number of ketones is 1. The Morgan fingerprint density at radius 1 is 1.44 bits per heavy atom. The first kappa shape index (κ1) is 12.2. The molecule has 0 radical (unpaired) electrons. The molecule has 2 nitrogen and oxygen atoms in total. The first-order valence-electron chi connectivity index (χ1n) is 4.49. The third kappa shape index (κ3) is 2.60. The molecule has 0 saturated heterocycles. The maximum Gasteiger partial charge on any atom is 0.163 e. The van der Waals surface area contributed by atoms with Crippen molar-refractivity contribution in [2.75, 3.05) is 0 Å². The van der Waals surface area contributed by atoms with Crippen LogP contribution < -0.4 is 0 Å². The van der Waals surface area contributed by atoms with E-state index in [0.29, 0.717) is 6.07 Å². The summed E-state index contributed by atoms with van der Waals surface area (Å²) in [5, 5.41) is 8.72. The van der Waals surface area contributed by atoms with E-state index in [-0.39, 0.29) is 12.2 Å². The molecule has 5 heteroatoms. The van der Waals surface area contributed by atoms with Crippen LogP contribution in [0.15, 0.2) is 12.1 Å². The number of hydrogen-bond acceptors (Lipinski definition) is 2. The summed E-state index contributed by atoms with van der Waals surface area (Å²) >= 11 is 0. The fourth-order valence-corrected chi connectivity index (χ4v) is 1.34. The lowest BCUT2D eigenvalue weighted by molar-refractivity contribution is -0.117. The molecule has 1 aromatic rings. The number of hydrogen-bond donors (Lipinski definition) is 0. The van der Waals surface area contributed by atoms with E-state index in [4.69, 9.17) is 5.26 Å². The van der Waals surface area contributed by atoms with Crippen molar-refractivity contribution in [1.82, 2.24) is 0 Å². The molecule has 16 heavy (non-hydrogen) atoms. The Hall–Kier alpha value is -1.83. The number of carbonyl (C=O) groups is 1. The van der Waals surface area contributed by atoms with Gasteiger partial charge in [-0.3, -0.25) is 4.79 Å². The van der Waals surface area contributed by atoms with Crippen LogP contribution in [0.4, 0.5) is 13.2 Å². The van der Waals surface area contributed by atoms with Gasteiger partial charge in [-0.15, -0.1) is 0 Å². The topological polar surface area (TPSA) is 40.9 Å². The van der Waals surface area contributed by atoms with E-state index < -0.39 is 28.9 Å². The predicted molar refractivity (Wildman–Crippen MR) is 50.0 cm³/mol. The maximum atomic E-state index is 13.3. The van der Waals surface area contributed by atoms with Gasteiger partial charge in [0, 0.05) is 18.1 Å². The first-order valence-corrected chi connectivity index (χ1v) is 4.49. The molecule has 1 atom stereocenters. The highest BCUT2D eigenvalue weighted by Gasteiger charge is 2.21. The summed E-state index contributed by atoms with van der Waals surface area (Å²) in [6, 6.07) is 2.77. The molecule has 0 fully saturated rings. The van der Waals surface area contributed by atoms with Crippen LogP contribution in [0.3, 0.4) is 0 Å². The summed E-state index contributed by atoms with van der Waals surface area (Å²) in [6.07, 6.45) is -0.268. The highest BCUT2D eigenvalue weighted by molar-refractivity contribution is 5.77. The second kappa shape index (κ2) is 4.79. The standard InChI is InChI=1S/C11H8F3NO/c1-6(16)2-7(5-15)9-3-8(12)4-10(13)11(9)14/h3-4,7H,2H2,1H3. The quantitative estimate of drug-likeness (QED) is 0.745. The van der Waals surface area contributed by atoms with Gasteiger partial charge in [0.25, 0.3) is 0 Å². The highest BCUT2D eigenvalue weighted by atomic mass is 19.2. The third-order valence-corrected chi connectivity index (χ3v) is 2.04. The number of Topliss-reactive ketones (excluding diaryl/α,β-unsaturated/α-hetero) is 1. The van der Waals surface area contributed by atoms with Gasteiger partial charge in [0.05, 0.1) is 12.0 Å². The summed E-state index contributed by atoms with van der Waals surface area (Å²) in [5.41, 5.74) is -0.421. The molecular formula is C11H8F3NO. The summed E-state index contributed by atoms with van der Waals surface area (Å²) in [6.45, 7) is 1.22. The largest absolute Gasteiger partial charge is 0.300 e. The zero-order valence-corrected chi connectivity index (χ0v) is 8.43. The molecule has 0 aliphatic carbocycles. The van der Waals surface area contributed by atoms with Crippen LogP contribution in [-0.2, 0) is 4.79 Å². The fourth-order valence-electron chi connectivity index (χ4n) is 1.34. The zero-order chi connectivity index (χ0) is 12.3. The van der Waals surface area contributed by atoms with Crippen LogP contribution in [-0.4, -0.2) is 5.78 Å². The molecule has 1 aromatic carbocycles. The average Bonchev–Trinajstić information content (AvgIpc) is 2.20. The summed E-state index contributed by atoms with van der Waals surface area (Å²) in [7, 11) is 0. The van der Waals surface area contributed by atoms with Gasteiger partial charge in [0.15, 0.2) is 11.6 Å². The molecule has 0 saturated carbocycles. The minimum Gasteiger partial charge on any atom is -0.300 e. The lowest BCUT2D eigenvalue weighted by Gasteiger charge is -2.09. The van der Waals surface area contributed by atoms with Gasteiger partial charge in [-0.2, -0.15) is 5.26 Å². The summed E-state index contributed by atoms with van der Waals surface area (Å²) < 4.78 is 39.0. The van der Waals surface area contributed by atoms with E-state index in [1.165, 1.54) is 6.92 Å². The minimum absolute atomic E-state index is 0.268. The van der Waals surface area contributed by atoms with E-state index in [2.05, 4.69) is 0 Å². The van der Waals surface area contributed by atoms with E-state index >= 15 is 0 Å². The van der Waals surface area contributed by atoms with Gasteiger partial charge in [-0.25, -0.2) is 13.2 Å². The molecule has 0 bridgehead atoms. The number of nitriles is 1. The van der Waals surface area contributed by atoms with Gasteiger partial charge in [-0.1, -0.05) is 0 Å². The summed E-state index contributed by atoms with van der Waals surface area (Å²) in [4.78, 5) is 10.8. The molecule has 0 aliphatic rings. The van der Waals surface area contributed by atoms with Crippen molar-refractivity contribution in [2.45, 2.75) is 19.3 Å². The van der Waals surface area contributed by atoms with Gasteiger partial charge < -0.3 is 0 Å². The van der Waals surface area contributed by atoms with Crippen LogP contribution in [0.5, 0.6) is 0 Å². The average molecular weight is 227 g/mol. The van der Waals surface area contributed by atoms with Crippen LogP contribution in [0, 0.1) is 28.8 Å². The van der Waals surface area contributed by atoms with Gasteiger partial charge >= 0.3 is 0 Å². The second-order valence-corrected chi connectivity index (χ2v) is 3.38. The van der Waals surface area contributed by atoms with Crippen molar-refractivity contribution in [3.8, 4) is 6.07 Å². The van der Waals surface area contributed by atoms with Crippen LogP contribution in [0.25, 0.3) is 0 Å². The Balaban J connectivity index is 3.20. The van der Waals surface area contributed by atoms with Gasteiger partial charge in [0.1, 0.15) is 11.6 Å². The molecule has 0 aromatic heterocycles. The Labute approximate surface area is 90.3 Å². The smallest absolute Gasteiger partial charge is 0.163 e. The molecular weight excluding hydrogens is 219 g/mol. The predicted octanol–water partition coefficient (Wildman–Crippen LogP) is 2.69. The van der Waals surface area contributed by atoms with Crippen molar-refractivity contribution in [1.29, 1.82) is 5.26 Å². The molecule has 1 unspecified atom stereocenters. The number of nitrogens with zero attached hydrogens (tertiary/aromatic N) is 1. The number of rotatable bonds is 3. The normalized spacial score (nSPS) is 11.9. The fraction of sp³-hybridized carbons (Fsp3) is 0.273. The number of carbonyl (C=O) groups excluding carboxylic acids is 1. The maximum absolute atomic E-state index is 13.3. The number of benzene rings is 1. The first-order chi connectivity index (χ1) is 7.45. The van der Waals surface area contributed by atoms with Gasteiger partial charge in [0.2, 0.25) is 0 Å². The Morgan fingerprint density at radius 3 is 2.56 bits per heavy atom. The monoisotopic (exact) mass is 227 g/mol. The summed E-state index contributed by atoms with van der Waals surface area (Å²) in [5.74, 6) is -5.14. The van der Waals surface area contributed by atoms with Crippen LogP contribution in [0.2, 0.25) is 0 Å². The highest BCUT2D eigenvalue weighted by Crippen LogP contribution is 2.25. The molecule has 0 heterocycles. The zero-order valence-electron chi connectivity index (χ0n) is 8.43. The van der Waals surface area contributed by atoms with Crippen molar-refractivity contribution < 1.29 is 18.0 Å². The van der Waals surface area contributed by atoms with Crippen molar-refractivity contribution in [2.24, 2.45) is 0 Å². The van der Waals surface area contributed by atoms with Gasteiger partial charge in [-0.05, 0) is 13.0 Å². The molecule has 84 valence electrons. The number of halogens is 3. The molecule has 0 amide bonds. The van der Waals surface area contributed by atoms with Crippen molar-refractivity contribution >= 4 is 5.78 Å². The van der Waals surface area contributed by atoms with Crippen molar-refractivity contribution in [3.05, 3.63) is 35.1 Å². The Morgan fingerprint density at radius 2 is 2.06 bits per heavy atom. The molecule has 0 spiro atoms. The van der Waals surface area contributed by atoms with E-state index in [9.17, 15) is 18.0 Å². The van der Waals surface area contributed by atoms with Crippen LogP contribution in [0.1, 0.15) is 24.8 Å². The molecule has 0 N–H and O–H groups in total.